The average molecular weight is 304 g/mol. The van der Waals surface area contributed by atoms with Crippen LogP contribution in [-0.4, -0.2) is 32.7 Å². The van der Waals surface area contributed by atoms with Gasteiger partial charge in [0.25, 0.3) is 5.91 Å². The molecular formula is C17H24N2O3. The minimum absolute atomic E-state index is 0.0449. The fourth-order valence-corrected chi connectivity index (χ4v) is 2.60. The standard InChI is InChI=1S/C17H24N2O3/c1-4-5-12-8-13(9-15(21-2)16(12)22-3)17(20)19-14(10-18)11-6-7-11/h4,8-9,11,14H,1,5-7,10,18H2,2-3H3,(H,19,20). The van der Waals surface area contributed by atoms with Crippen LogP contribution < -0.4 is 20.5 Å². The molecule has 1 fully saturated rings. The zero-order chi connectivity index (χ0) is 16.1. The average Bonchev–Trinajstić information content (AvgIpc) is 3.36. The summed E-state index contributed by atoms with van der Waals surface area (Å²) in [5.41, 5.74) is 7.17. The minimum Gasteiger partial charge on any atom is -0.493 e. The maximum atomic E-state index is 12.5. The second-order valence-corrected chi connectivity index (χ2v) is 5.52. The fourth-order valence-electron chi connectivity index (χ4n) is 2.60. The monoisotopic (exact) mass is 304 g/mol. The third-order valence-electron chi connectivity index (χ3n) is 3.94. The normalized spacial score (nSPS) is 15.0. The lowest BCUT2D eigenvalue weighted by Gasteiger charge is -2.18. The van der Waals surface area contributed by atoms with Gasteiger partial charge >= 0.3 is 0 Å². The van der Waals surface area contributed by atoms with E-state index in [0.717, 1.165) is 18.4 Å². The molecule has 1 aromatic carbocycles. The van der Waals surface area contributed by atoms with Crippen LogP contribution in [0, 0.1) is 5.92 Å². The maximum absolute atomic E-state index is 12.5. The quantitative estimate of drug-likeness (QED) is 0.719. The van der Waals surface area contributed by atoms with Gasteiger partial charge in [-0.1, -0.05) is 6.08 Å². The molecule has 0 heterocycles. The third kappa shape index (κ3) is 3.60. The van der Waals surface area contributed by atoms with Crippen molar-refractivity contribution < 1.29 is 14.3 Å². The van der Waals surface area contributed by atoms with Crippen LogP contribution in [0.2, 0.25) is 0 Å². The van der Waals surface area contributed by atoms with E-state index in [1.165, 1.54) is 0 Å². The molecule has 1 aliphatic carbocycles. The maximum Gasteiger partial charge on any atom is 0.251 e. The van der Waals surface area contributed by atoms with Gasteiger partial charge in [0.1, 0.15) is 0 Å². The highest BCUT2D eigenvalue weighted by Crippen LogP contribution is 2.34. The molecule has 1 saturated carbocycles. The second kappa shape index (κ2) is 7.31. The summed E-state index contributed by atoms with van der Waals surface area (Å²) in [4.78, 5) is 12.5. The highest BCUT2D eigenvalue weighted by atomic mass is 16.5. The molecule has 1 atom stereocenters. The third-order valence-corrected chi connectivity index (χ3v) is 3.94. The predicted molar refractivity (Wildman–Crippen MR) is 86.5 cm³/mol. The minimum atomic E-state index is -0.131. The molecule has 0 bridgehead atoms. The fraction of sp³-hybridized carbons (Fsp3) is 0.471. The number of nitrogens with two attached hydrogens (primary N) is 1. The van der Waals surface area contributed by atoms with Crippen molar-refractivity contribution >= 4 is 5.91 Å². The summed E-state index contributed by atoms with van der Waals surface area (Å²) in [7, 11) is 3.14. The lowest BCUT2D eigenvalue weighted by atomic mass is 10.0. The van der Waals surface area contributed by atoms with Gasteiger partial charge in [0.05, 0.1) is 14.2 Å². The Kier molecular flexibility index (Phi) is 5.44. The first-order valence-electron chi connectivity index (χ1n) is 7.51. The molecule has 1 amide bonds. The van der Waals surface area contributed by atoms with Gasteiger partial charge in [-0.25, -0.2) is 0 Å². The van der Waals surface area contributed by atoms with Crippen LogP contribution in [0.1, 0.15) is 28.8 Å². The molecule has 1 aromatic rings. The SMILES string of the molecule is C=CCc1cc(C(=O)NC(CN)C2CC2)cc(OC)c1OC. The van der Waals surface area contributed by atoms with Crippen molar-refractivity contribution in [1.82, 2.24) is 5.32 Å². The Morgan fingerprint density at radius 3 is 2.68 bits per heavy atom. The molecule has 3 N–H and O–H groups in total. The van der Waals surface area contributed by atoms with Crippen LogP contribution in [0.25, 0.3) is 0 Å². The summed E-state index contributed by atoms with van der Waals surface area (Å²) in [6.07, 6.45) is 4.64. The Bertz CT molecular complexity index is 553. The Hall–Kier alpha value is -2.01. The molecule has 5 nitrogen and oxygen atoms in total. The molecule has 22 heavy (non-hydrogen) atoms. The van der Waals surface area contributed by atoms with Gasteiger partial charge in [-0.2, -0.15) is 0 Å². The number of carbonyl (C=O) groups excluding carboxylic acids is 1. The number of nitrogens with one attached hydrogen (secondary N) is 1. The van der Waals surface area contributed by atoms with E-state index in [9.17, 15) is 4.79 Å². The number of ether oxygens (including phenoxy) is 2. The number of benzene rings is 1. The molecule has 120 valence electrons. The van der Waals surface area contributed by atoms with E-state index in [1.54, 1.807) is 26.4 Å². The smallest absolute Gasteiger partial charge is 0.251 e. The predicted octanol–water partition coefficient (Wildman–Crippen LogP) is 1.90. The van der Waals surface area contributed by atoms with Crippen molar-refractivity contribution in [2.24, 2.45) is 11.7 Å². The molecule has 1 aliphatic rings. The number of carbonyl (C=O) groups is 1. The Labute approximate surface area is 131 Å². The van der Waals surface area contributed by atoms with Crippen molar-refractivity contribution in [3.8, 4) is 11.5 Å². The number of methoxy groups -OCH3 is 2. The first-order valence-corrected chi connectivity index (χ1v) is 7.51. The molecule has 0 aliphatic heterocycles. The lowest BCUT2D eigenvalue weighted by Crippen LogP contribution is -2.41. The van der Waals surface area contributed by atoms with E-state index in [1.807, 2.05) is 6.07 Å². The molecule has 0 radical (unpaired) electrons. The van der Waals surface area contributed by atoms with Gasteiger partial charge in [0, 0.05) is 23.7 Å². The van der Waals surface area contributed by atoms with Gasteiger partial charge in [-0.05, 0) is 37.3 Å². The summed E-state index contributed by atoms with van der Waals surface area (Å²) in [5, 5.41) is 3.02. The first-order chi connectivity index (χ1) is 10.6. The number of allylic oxidation sites excluding steroid dienone is 1. The zero-order valence-corrected chi connectivity index (χ0v) is 13.2. The van der Waals surface area contributed by atoms with Crippen molar-refractivity contribution in [2.75, 3.05) is 20.8 Å². The summed E-state index contributed by atoms with van der Waals surface area (Å²) >= 11 is 0. The molecule has 2 rings (SSSR count). The molecule has 0 aromatic heterocycles. The van der Waals surface area contributed by atoms with E-state index in [4.69, 9.17) is 15.2 Å². The van der Waals surface area contributed by atoms with E-state index >= 15 is 0 Å². The van der Waals surface area contributed by atoms with Crippen LogP contribution in [-0.2, 0) is 6.42 Å². The molecule has 5 heteroatoms. The van der Waals surface area contributed by atoms with Crippen molar-refractivity contribution in [1.29, 1.82) is 0 Å². The molecule has 1 unspecified atom stereocenters. The summed E-state index contributed by atoms with van der Waals surface area (Å²) in [5.74, 6) is 1.56. The van der Waals surface area contributed by atoms with Crippen LogP contribution in [0.4, 0.5) is 0 Å². The second-order valence-electron chi connectivity index (χ2n) is 5.52. The topological polar surface area (TPSA) is 73.6 Å². The molecule has 0 spiro atoms. The first kappa shape index (κ1) is 16.4. The highest BCUT2D eigenvalue weighted by molar-refractivity contribution is 5.95. The van der Waals surface area contributed by atoms with Gasteiger partial charge in [-0.15, -0.1) is 6.58 Å². The van der Waals surface area contributed by atoms with Crippen LogP contribution >= 0.6 is 0 Å². The van der Waals surface area contributed by atoms with Crippen LogP contribution in [0.15, 0.2) is 24.8 Å². The van der Waals surface area contributed by atoms with Gasteiger partial charge in [-0.3, -0.25) is 4.79 Å². The molecular weight excluding hydrogens is 280 g/mol. The van der Waals surface area contributed by atoms with Gasteiger partial charge in [0.2, 0.25) is 0 Å². The lowest BCUT2D eigenvalue weighted by molar-refractivity contribution is 0.0933. The number of amides is 1. The Balaban J connectivity index is 2.26. The van der Waals surface area contributed by atoms with E-state index < -0.39 is 0 Å². The van der Waals surface area contributed by atoms with E-state index in [0.29, 0.717) is 35.9 Å². The van der Waals surface area contributed by atoms with Gasteiger partial charge in [0.15, 0.2) is 11.5 Å². The summed E-state index contributed by atoms with van der Waals surface area (Å²) in [6, 6.07) is 3.56. The van der Waals surface area contributed by atoms with Crippen LogP contribution in [0.5, 0.6) is 11.5 Å². The van der Waals surface area contributed by atoms with E-state index in [2.05, 4.69) is 11.9 Å². The largest absolute Gasteiger partial charge is 0.493 e. The van der Waals surface area contributed by atoms with Crippen molar-refractivity contribution in [2.45, 2.75) is 25.3 Å². The zero-order valence-electron chi connectivity index (χ0n) is 13.2. The Morgan fingerprint density at radius 1 is 1.45 bits per heavy atom. The highest BCUT2D eigenvalue weighted by Gasteiger charge is 2.31. The van der Waals surface area contributed by atoms with E-state index in [-0.39, 0.29) is 11.9 Å². The number of hydrogen-bond acceptors (Lipinski definition) is 4. The number of hydrogen-bond donors (Lipinski definition) is 2. The molecule has 0 saturated heterocycles. The summed E-state index contributed by atoms with van der Waals surface area (Å²) in [6.45, 7) is 4.20. The van der Waals surface area contributed by atoms with Gasteiger partial charge < -0.3 is 20.5 Å². The van der Waals surface area contributed by atoms with Crippen LogP contribution in [0.3, 0.4) is 0 Å². The summed E-state index contributed by atoms with van der Waals surface area (Å²) < 4.78 is 10.7. The van der Waals surface area contributed by atoms with Crippen molar-refractivity contribution in [3.63, 3.8) is 0 Å². The Morgan fingerprint density at radius 2 is 2.18 bits per heavy atom. The van der Waals surface area contributed by atoms with Crippen molar-refractivity contribution in [3.05, 3.63) is 35.9 Å². The number of rotatable bonds is 8.